The van der Waals surface area contributed by atoms with Crippen molar-refractivity contribution < 1.29 is 14.4 Å². The van der Waals surface area contributed by atoms with Gasteiger partial charge in [-0.25, -0.2) is 4.98 Å². The molecule has 3 heterocycles. The molecule has 2 fully saturated rings. The lowest BCUT2D eigenvalue weighted by Gasteiger charge is -2.35. The molecular formula is C25H30N4O3S. The largest absolute Gasteiger partial charge is 0.370 e. The van der Waals surface area contributed by atoms with Gasteiger partial charge in [0.2, 0.25) is 5.91 Å². The first-order chi connectivity index (χ1) is 16.0. The van der Waals surface area contributed by atoms with Crippen molar-refractivity contribution in [2.45, 2.75) is 64.0 Å². The third kappa shape index (κ3) is 4.16. The number of carbonyl (C=O) groups is 3. The number of hydrogen-bond acceptors (Lipinski definition) is 6. The zero-order valence-electron chi connectivity index (χ0n) is 19.0. The van der Waals surface area contributed by atoms with Crippen LogP contribution in [0.3, 0.4) is 0 Å². The Morgan fingerprint density at radius 3 is 2.70 bits per heavy atom. The second-order valence-electron chi connectivity index (χ2n) is 9.36. The van der Waals surface area contributed by atoms with Gasteiger partial charge in [-0.05, 0) is 44.7 Å². The molecule has 1 aromatic carbocycles. The van der Waals surface area contributed by atoms with Gasteiger partial charge in [0.05, 0.1) is 28.8 Å². The van der Waals surface area contributed by atoms with Crippen LogP contribution in [-0.2, 0) is 4.79 Å². The molecule has 7 nitrogen and oxygen atoms in total. The first-order valence-electron chi connectivity index (χ1n) is 12.0. The van der Waals surface area contributed by atoms with E-state index >= 15 is 0 Å². The van der Waals surface area contributed by atoms with E-state index in [9.17, 15) is 14.4 Å². The average Bonchev–Trinajstić information content (AvgIpc) is 3.47. The zero-order chi connectivity index (χ0) is 22.9. The van der Waals surface area contributed by atoms with E-state index < -0.39 is 6.04 Å². The maximum atomic E-state index is 13.5. The molecule has 2 aromatic rings. The number of hydrogen-bond donors (Lipinski definition) is 1. The molecule has 2 aliphatic heterocycles. The maximum Gasteiger partial charge on any atom is 0.264 e. The number of carbonyl (C=O) groups excluding carboxylic acids is 3. The van der Waals surface area contributed by atoms with E-state index in [2.05, 4.69) is 15.2 Å². The number of benzene rings is 1. The third-order valence-electron chi connectivity index (χ3n) is 7.20. The molecule has 0 bridgehead atoms. The van der Waals surface area contributed by atoms with Crippen LogP contribution >= 0.6 is 11.3 Å². The lowest BCUT2D eigenvalue weighted by molar-refractivity contribution is -0.126. The molecule has 8 heteroatoms. The number of fused-ring (bicyclic) bond motifs is 1. The van der Waals surface area contributed by atoms with Crippen molar-refractivity contribution in [1.82, 2.24) is 15.2 Å². The summed E-state index contributed by atoms with van der Waals surface area (Å²) in [5.74, 6) is -0.528. The summed E-state index contributed by atoms with van der Waals surface area (Å²) in [5, 5.41) is 5.85. The second kappa shape index (κ2) is 9.25. The SMILES string of the molecule is CC(c1nccs1)N1C(=O)c2cccc(N3CCCC(C(=O)NC4CCCCC4)C3)c2C1=O. The van der Waals surface area contributed by atoms with Crippen molar-refractivity contribution in [3.63, 3.8) is 0 Å². The Balaban J connectivity index is 1.35. The van der Waals surface area contributed by atoms with Gasteiger partial charge < -0.3 is 10.2 Å². The Morgan fingerprint density at radius 1 is 1.12 bits per heavy atom. The molecule has 3 aliphatic rings. The second-order valence-corrected chi connectivity index (χ2v) is 10.3. The molecule has 0 radical (unpaired) electrons. The van der Waals surface area contributed by atoms with Gasteiger partial charge in [-0.1, -0.05) is 25.3 Å². The number of piperidine rings is 1. The van der Waals surface area contributed by atoms with Crippen molar-refractivity contribution in [3.05, 3.63) is 45.9 Å². The Hall–Kier alpha value is -2.74. The monoisotopic (exact) mass is 466 g/mol. The Morgan fingerprint density at radius 2 is 1.94 bits per heavy atom. The molecule has 1 N–H and O–H groups in total. The highest BCUT2D eigenvalue weighted by Gasteiger charge is 2.42. The zero-order valence-corrected chi connectivity index (χ0v) is 19.8. The number of imide groups is 1. The predicted molar refractivity (Wildman–Crippen MR) is 127 cm³/mol. The Bertz CT molecular complexity index is 1050. The minimum Gasteiger partial charge on any atom is -0.370 e. The van der Waals surface area contributed by atoms with E-state index in [4.69, 9.17) is 0 Å². The molecular weight excluding hydrogens is 436 g/mol. The van der Waals surface area contributed by atoms with E-state index in [-0.39, 0.29) is 23.6 Å². The normalized spacial score (nSPS) is 22.4. The maximum absolute atomic E-state index is 13.5. The van der Waals surface area contributed by atoms with Gasteiger partial charge in [0, 0.05) is 30.7 Å². The summed E-state index contributed by atoms with van der Waals surface area (Å²) in [4.78, 5) is 47.4. The quantitative estimate of drug-likeness (QED) is 0.669. The Labute approximate surface area is 198 Å². The average molecular weight is 467 g/mol. The summed E-state index contributed by atoms with van der Waals surface area (Å²) in [5.41, 5.74) is 1.66. The molecule has 3 amide bonds. The summed E-state index contributed by atoms with van der Waals surface area (Å²) in [7, 11) is 0. The number of nitrogens with one attached hydrogen (secondary N) is 1. The lowest BCUT2D eigenvalue weighted by Crippen LogP contribution is -2.46. The van der Waals surface area contributed by atoms with Gasteiger partial charge >= 0.3 is 0 Å². The van der Waals surface area contributed by atoms with Crippen molar-refractivity contribution in [3.8, 4) is 0 Å². The first kappa shape index (κ1) is 22.1. The summed E-state index contributed by atoms with van der Waals surface area (Å²) >= 11 is 1.44. The van der Waals surface area contributed by atoms with Crippen molar-refractivity contribution in [2.24, 2.45) is 5.92 Å². The predicted octanol–water partition coefficient (Wildman–Crippen LogP) is 4.17. The van der Waals surface area contributed by atoms with Gasteiger partial charge in [-0.15, -0.1) is 11.3 Å². The smallest absolute Gasteiger partial charge is 0.264 e. The standard InChI is InChI=1S/C25H30N4O3S/c1-16(23-26-12-14-33-23)29-24(31)19-10-5-11-20(21(19)25(29)32)28-13-6-7-17(15-28)22(30)27-18-8-3-2-4-9-18/h5,10-12,14,16-18H,2-4,6-9,13,15H2,1H3,(H,27,30). The van der Waals surface area contributed by atoms with Crippen LogP contribution in [0.5, 0.6) is 0 Å². The first-order valence-corrected chi connectivity index (χ1v) is 12.9. The minimum absolute atomic E-state index is 0.103. The van der Waals surface area contributed by atoms with Crippen LogP contribution in [0.1, 0.15) is 83.6 Å². The molecule has 5 rings (SSSR count). The van der Waals surface area contributed by atoms with Gasteiger partial charge in [0.15, 0.2) is 0 Å². The van der Waals surface area contributed by atoms with Crippen LogP contribution in [0.15, 0.2) is 29.8 Å². The summed E-state index contributed by atoms with van der Waals surface area (Å²) < 4.78 is 0. The van der Waals surface area contributed by atoms with Gasteiger partial charge in [0.1, 0.15) is 5.01 Å². The van der Waals surface area contributed by atoms with Crippen LogP contribution in [0.25, 0.3) is 0 Å². The third-order valence-corrected chi connectivity index (χ3v) is 8.15. The van der Waals surface area contributed by atoms with E-state index in [1.165, 1.54) is 35.5 Å². The topological polar surface area (TPSA) is 82.6 Å². The van der Waals surface area contributed by atoms with Gasteiger partial charge in [-0.2, -0.15) is 0 Å². The Kier molecular flexibility index (Phi) is 6.19. The lowest BCUT2D eigenvalue weighted by atomic mass is 9.92. The molecule has 1 saturated carbocycles. The van der Waals surface area contributed by atoms with E-state index in [0.29, 0.717) is 23.7 Å². The molecule has 0 spiro atoms. The van der Waals surface area contributed by atoms with Crippen LogP contribution in [0, 0.1) is 5.92 Å². The van der Waals surface area contributed by atoms with Crippen molar-refractivity contribution in [1.29, 1.82) is 0 Å². The molecule has 2 unspecified atom stereocenters. The van der Waals surface area contributed by atoms with Crippen LogP contribution in [-0.4, -0.2) is 46.7 Å². The van der Waals surface area contributed by atoms with Crippen molar-refractivity contribution >= 4 is 34.7 Å². The summed E-state index contributed by atoms with van der Waals surface area (Å²) in [6, 6.07) is 5.35. The van der Waals surface area contributed by atoms with Crippen LogP contribution < -0.4 is 10.2 Å². The molecule has 1 saturated heterocycles. The molecule has 1 aromatic heterocycles. The number of nitrogens with zero attached hydrogens (tertiary/aromatic N) is 3. The molecule has 1 aliphatic carbocycles. The minimum atomic E-state index is -0.416. The fourth-order valence-corrected chi connectivity index (χ4v) is 6.11. The summed E-state index contributed by atoms with van der Waals surface area (Å²) in [6.45, 7) is 3.18. The van der Waals surface area contributed by atoms with E-state index in [0.717, 1.165) is 42.9 Å². The van der Waals surface area contributed by atoms with Gasteiger partial charge in [-0.3, -0.25) is 19.3 Å². The number of amides is 3. The number of rotatable bonds is 5. The molecule has 174 valence electrons. The van der Waals surface area contributed by atoms with Crippen LogP contribution in [0.2, 0.25) is 0 Å². The van der Waals surface area contributed by atoms with E-state index in [1.54, 1.807) is 12.3 Å². The molecule has 2 atom stereocenters. The molecule has 33 heavy (non-hydrogen) atoms. The van der Waals surface area contributed by atoms with Gasteiger partial charge in [0.25, 0.3) is 11.8 Å². The van der Waals surface area contributed by atoms with E-state index in [1.807, 2.05) is 24.4 Å². The highest BCUT2D eigenvalue weighted by atomic mass is 32.1. The van der Waals surface area contributed by atoms with Crippen molar-refractivity contribution in [2.75, 3.05) is 18.0 Å². The highest BCUT2D eigenvalue weighted by Crippen LogP contribution is 2.38. The number of thiazole rings is 1. The fraction of sp³-hybridized carbons (Fsp3) is 0.520. The number of anilines is 1. The summed E-state index contributed by atoms with van der Waals surface area (Å²) in [6.07, 6.45) is 9.18. The highest BCUT2D eigenvalue weighted by molar-refractivity contribution is 7.09. The fourth-order valence-electron chi connectivity index (χ4n) is 5.43. The number of aromatic nitrogens is 1. The van der Waals surface area contributed by atoms with Crippen LogP contribution in [0.4, 0.5) is 5.69 Å².